The van der Waals surface area contributed by atoms with Crippen molar-refractivity contribution in [2.75, 3.05) is 38.6 Å². The highest BCUT2D eigenvalue weighted by atomic mass is 15.3. The molecule has 0 aromatic carbocycles. The maximum Gasteiger partial charge on any atom is 0.225 e. The number of likely N-dealkylation sites (N-methyl/N-ethyl adjacent to an activating group) is 1. The standard InChI is InChI=1S/C13H23N5/c1-10-8-18(9-12(10)17(2)3)13-15-6-11(4-5-14)7-16-13/h6-7,10,12H,4-5,8-9,14H2,1-3H3. The first-order valence-corrected chi connectivity index (χ1v) is 6.54. The number of nitrogens with two attached hydrogens (primary N) is 1. The lowest BCUT2D eigenvalue weighted by Gasteiger charge is -2.22. The van der Waals surface area contributed by atoms with Crippen molar-refractivity contribution in [3.8, 4) is 0 Å². The highest BCUT2D eigenvalue weighted by molar-refractivity contribution is 5.33. The Kier molecular flexibility index (Phi) is 4.14. The predicted octanol–water partition coefficient (Wildman–Crippen LogP) is 0.364. The van der Waals surface area contributed by atoms with Crippen LogP contribution in [0.15, 0.2) is 12.4 Å². The first-order valence-electron chi connectivity index (χ1n) is 6.54. The number of rotatable bonds is 4. The van der Waals surface area contributed by atoms with Crippen LogP contribution >= 0.6 is 0 Å². The minimum atomic E-state index is 0.581. The second-order valence-corrected chi connectivity index (χ2v) is 5.34. The zero-order chi connectivity index (χ0) is 13.1. The van der Waals surface area contributed by atoms with Gasteiger partial charge in [0.15, 0.2) is 0 Å². The van der Waals surface area contributed by atoms with Crippen molar-refractivity contribution in [3.63, 3.8) is 0 Å². The van der Waals surface area contributed by atoms with Crippen LogP contribution in [0, 0.1) is 5.92 Å². The van der Waals surface area contributed by atoms with E-state index in [2.05, 4.69) is 40.8 Å². The molecule has 2 atom stereocenters. The Balaban J connectivity index is 2.04. The molecular formula is C13H23N5. The van der Waals surface area contributed by atoms with E-state index < -0.39 is 0 Å². The van der Waals surface area contributed by atoms with Crippen LogP contribution in [0.1, 0.15) is 12.5 Å². The first-order chi connectivity index (χ1) is 8.61. The Hall–Kier alpha value is -1.20. The molecule has 2 unspecified atom stereocenters. The molecule has 1 aliphatic heterocycles. The van der Waals surface area contributed by atoms with Gasteiger partial charge in [-0.05, 0) is 38.5 Å². The van der Waals surface area contributed by atoms with Crippen LogP contribution in [-0.4, -0.2) is 54.6 Å². The van der Waals surface area contributed by atoms with E-state index in [0.717, 1.165) is 31.0 Å². The van der Waals surface area contributed by atoms with Crippen LogP contribution < -0.4 is 10.6 Å². The van der Waals surface area contributed by atoms with Crippen molar-refractivity contribution in [2.24, 2.45) is 11.7 Å². The second kappa shape index (κ2) is 5.63. The summed E-state index contributed by atoms with van der Waals surface area (Å²) in [7, 11) is 4.27. The summed E-state index contributed by atoms with van der Waals surface area (Å²) in [5.74, 6) is 1.49. The summed E-state index contributed by atoms with van der Waals surface area (Å²) in [6.45, 7) is 4.96. The molecule has 2 rings (SSSR count). The van der Waals surface area contributed by atoms with Crippen molar-refractivity contribution in [1.29, 1.82) is 0 Å². The van der Waals surface area contributed by atoms with Crippen molar-refractivity contribution >= 4 is 5.95 Å². The van der Waals surface area contributed by atoms with Gasteiger partial charge in [-0.25, -0.2) is 9.97 Å². The van der Waals surface area contributed by atoms with Crippen LogP contribution in [-0.2, 0) is 6.42 Å². The Morgan fingerprint density at radius 1 is 1.33 bits per heavy atom. The third-order valence-corrected chi connectivity index (χ3v) is 3.64. The molecule has 1 aliphatic rings. The largest absolute Gasteiger partial charge is 0.339 e. The molecule has 0 bridgehead atoms. The number of hydrogen-bond acceptors (Lipinski definition) is 5. The smallest absolute Gasteiger partial charge is 0.225 e. The van der Waals surface area contributed by atoms with Crippen LogP contribution in [0.2, 0.25) is 0 Å². The maximum atomic E-state index is 5.52. The summed E-state index contributed by atoms with van der Waals surface area (Å²) in [6, 6.07) is 0.581. The number of aromatic nitrogens is 2. The van der Waals surface area contributed by atoms with Gasteiger partial charge in [0.2, 0.25) is 5.95 Å². The van der Waals surface area contributed by atoms with E-state index in [9.17, 15) is 0 Å². The molecule has 1 aromatic heterocycles. The first kappa shape index (κ1) is 13.2. The molecular weight excluding hydrogens is 226 g/mol. The minimum Gasteiger partial charge on any atom is -0.339 e. The van der Waals surface area contributed by atoms with Gasteiger partial charge in [0.05, 0.1) is 0 Å². The fourth-order valence-corrected chi connectivity index (χ4v) is 2.59. The lowest BCUT2D eigenvalue weighted by molar-refractivity contribution is 0.266. The Morgan fingerprint density at radius 3 is 2.50 bits per heavy atom. The summed E-state index contributed by atoms with van der Waals surface area (Å²) < 4.78 is 0. The third kappa shape index (κ3) is 2.79. The van der Waals surface area contributed by atoms with Gasteiger partial charge < -0.3 is 15.5 Å². The fraction of sp³-hybridized carbons (Fsp3) is 0.692. The van der Waals surface area contributed by atoms with E-state index in [-0.39, 0.29) is 0 Å². The second-order valence-electron chi connectivity index (χ2n) is 5.34. The van der Waals surface area contributed by atoms with E-state index in [1.165, 1.54) is 0 Å². The summed E-state index contributed by atoms with van der Waals surface area (Å²) in [5, 5.41) is 0. The Labute approximate surface area is 109 Å². The predicted molar refractivity (Wildman–Crippen MR) is 73.6 cm³/mol. The van der Waals surface area contributed by atoms with Gasteiger partial charge in [-0.15, -0.1) is 0 Å². The summed E-state index contributed by atoms with van der Waals surface area (Å²) in [4.78, 5) is 13.4. The topological polar surface area (TPSA) is 58.3 Å². The molecule has 0 amide bonds. The zero-order valence-electron chi connectivity index (χ0n) is 11.5. The van der Waals surface area contributed by atoms with E-state index in [1.54, 1.807) is 0 Å². The van der Waals surface area contributed by atoms with Crippen molar-refractivity contribution < 1.29 is 0 Å². The molecule has 1 fully saturated rings. The third-order valence-electron chi connectivity index (χ3n) is 3.64. The van der Waals surface area contributed by atoms with Crippen LogP contribution in [0.25, 0.3) is 0 Å². The molecule has 1 aromatic rings. The molecule has 5 heteroatoms. The van der Waals surface area contributed by atoms with Gasteiger partial charge in [-0.3, -0.25) is 0 Å². The minimum absolute atomic E-state index is 0.581. The molecule has 0 saturated carbocycles. The molecule has 2 N–H and O–H groups in total. The van der Waals surface area contributed by atoms with E-state index in [0.29, 0.717) is 18.5 Å². The Bertz CT molecular complexity index is 375. The number of anilines is 1. The van der Waals surface area contributed by atoms with E-state index in [4.69, 9.17) is 5.73 Å². The monoisotopic (exact) mass is 249 g/mol. The zero-order valence-corrected chi connectivity index (χ0v) is 11.5. The Morgan fingerprint density at radius 2 is 2.00 bits per heavy atom. The lowest BCUT2D eigenvalue weighted by atomic mass is 10.1. The highest BCUT2D eigenvalue weighted by Crippen LogP contribution is 2.23. The van der Waals surface area contributed by atoms with Gasteiger partial charge in [0.25, 0.3) is 0 Å². The summed E-state index contributed by atoms with van der Waals surface area (Å²) in [5.41, 5.74) is 6.63. The SMILES string of the molecule is CC1CN(c2ncc(CCN)cn2)CC1N(C)C. The van der Waals surface area contributed by atoms with Gasteiger partial charge >= 0.3 is 0 Å². The molecule has 1 saturated heterocycles. The molecule has 5 nitrogen and oxygen atoms in total. The average Bonchev–Trinajstić information content (AvgIpc) is 2.73. The maximum absolute atomic E-state index is 5.52. The van der Waals surface area contributed by atoms with E-state index >= 15 is 0 Å². The van der Waals surface area contributed by atoms with E-state index in [1.807, 2.05) is 12.4 Å². The van der Waals surface area contributed by atoms with Crippen LogP contribution in [0.4, 0.5) is 5.95 Å². The fourth-order valence-electron chi connectivity index (χ4n) is 2.59. The summed E-state index contributed by atoms with van der Waals surface area (Å²) in [6.07, 6.45) is 4.63. The molecule has 0 radical (unpaired) electrons. The molecule has 2 heterocycles. The van der Waals surface area contributed by atoms with Crippen LogP contribution in [0.3, 0.4) is 0 Å². The molecule has 0 spiro atoms. The molecule has 18 heavy (non-hydrogen) atoms. The van der Waals surface area contributed by atoms with Gasteiger partial charge in [0.1, 0.15) is 0 Å². The van der Waals surface area contributed by atoms with Gasteiger partial charge in [-0.1, -0.05) is 6.92 Å². The van der Waals surface area contributed by atoms with Crippen molar-refractivity contribution in [3.05, 3.63) is 18.0 Å². The highest BCUT2D eigenvalue weighted by Gasteiger charge is 2.32. The van der Waals surface area contributed by atoms with Gasteiger partial charge in [0, 0.05) is 31.5 Å². The van der Waals surface area contributed by atoms with Crippen molar-refractivity contribution in [2.45, 2.75) is 19.4 Å². The molecule has 100 valence electrons. The quantitative estimate of drug-likeness (QED) is 0.835. The lowest BCUT2D eigenvalue weighted by Crippen LogP contribution is -2.34. The summed E-state index contributed by atoms with van der Waals surface area (Å²) >= 11 is 0. The number of nitrogens with zero attached hydrogens (tertiary/aromatic N) is 4. The normalized spacial score (nSPS) is 23.9. The molecule has 0 aliphatic carbocycles. The number of hydrogen-bond donors (Lipinski definition) is 1. The van der Waals surface area contributed by atoms with Crippen LogP contribution in [0.5, 0.6) is 0 Å². The average molecular weight is 249 g/mol. The van der Waals surface area contributed by atoms with Crippen molar-refractivity contribution in [1.82, 2.24) is 14.9 Å². The van der Waals surface area contributed by atoms with Gasteiger partial charge in [-0.2, -0.15) is 0 Å².